The van der Waals surface area contributed by atoms with Gasteiger partial charge >= 0.3 is 6.16 Å². The molecule has 0 fully saturated rings. The van der Waals surface area contributed by atoms with E-state index >= 15 is 0 Å². The molecule has 4 aromatic rings. The lowest BCUT2D eigenvalue weighted by molar-refractivity contribution is 0.0950. The van der Waals surface area contributed by atoms with Crippen molar-refractivity contribution in [3.05, 3.63) is 87.5 Å². The quantitative estimate of drug-likeness (QED) is 0.387. The summed E-state index contributed by atoms with van der Waals surface area (Å²) in [6, 6.07) is 14.9. The Morgan fingerprint density at radius 3 is 2.74 bits per heavy atom. The van der Waals surface area contributed by atoms with Crippen LogP contribution in [0.3, 0.4) is 0 Å². The number of imidazole rings is 1. The molecule has 0 spiro atoms. The van der Waals surface area contributed by atoms with E-state index in [0.29, 0.717) is 29.9 Å². The van der Waals surface area contributed by atoms with E-state index in [1.165, 1.54) is 10.6 Å². The number of fused-ring (bicyclic) bond motifs is 5. The van der Waals surface area contributed by atoms with Crippen LogP contribution in [-0.4, -0.2) is 31.5 Å². The van der Waals surface area contributed by atoms with Gasteiger partial charge in [0.25, 0.3) is 11.5 Å². The molecule has 2 aromatic carbocycles. The first-order valence-corrected chi connectivity index (χ1v) is 9.50. The Bertz CT molecular complexity index is 1400. The number of nitrogens with zero attached hydrogens (tertiary/aromatic N) is 2. The number of benzene rings is 2. The molecule has 9 nitrogen and oxygen atoms in total. The molecule has 9 heteroatoms. The number of rotatable bonds is 4. The maximum Gasteiger partial charge on any atom is 0.512 e. The number of ether oxygens (including phenoxy) is 1. The predicted octanol–water partition coefficient (Wildman–Crippen LogP) is 2.58. The predicted molar refractivity (Wildman–Crippen MR) is 110 cm³/mol. The lowest BCUT2D eigenvalue weighted by atomic mass is 10.0. The highest BCUT2D eigenvalue weighted by Crippen LogP contribution is 2.36. The molecule has 31 heavy (non-hydrogen) atoms. The molecule has 0 saturated heterocycles. The summed E-state index contributed by atoms with van der Waals surface area (Å²) in [5.41, 5.74) is 3.84. The zero-order valence-electron chi connectivity index (χ0n) is 16.1. The largest absolute Gasteiger partial charge is 0.512 e. The van der Waals surface area contributed by atoms with E-state index in [0.717, 1.165) is 16.7 Å². The first-order valence-electron chi connectivity index (χ1n) is 9.50. The van der Waals surface area contributed by atoms with Crippen LogP contribution in [0, 0.1) is 0 Å². The first kappa shape index (κ1) is 18.6. The fourth-order valence-electron chi connectivity index (χ4n) is 3.89. The van der Waals surface area contributed by atoms with Crippen molar-refractivity contribution in [2.75, 3.05) is 0 Å². The van der Waals surface area contributed by atoms with Crippen molar-refractivity contribution in [2.45, 2.75) is 13.0 Å². The van der Waals surface area contributed by atoms with E-state index in [2.05, 4.69) is 20.0 Å². The smallest absolute Gasteiger partial charge is 0.449 e. The number of nitrogens with one attached hydrogen (secondary N) is 2. The summed E-state index contributed by atoms with van der Waals surface area (Å²) in [4.78, 5) is 43.0. The highest BCUT2D eigenvalue weighted by atomic mass is 16.7. The van der Waals surface area contributed by atoms with Gasteiger partial charge in [0.05, 0.1) is 17.6 Å². The lowest BCUT2D eigenvalue weighted by Gasteiger charge is -2.09. The minimum Gasteiger partial charge on any atom is -0.449 e. The second kappa shape index (κ2) is 7.13. The monoisotopic (exact) mass is 416 g/mol. The van der Waals surface area contributed by atoms with Crippen molar-refractivity contribution >= 4 is 17.7 Å². The van der Waals surface area contributed by atoms with Crippen LogP contribution < -0.4 is 15.6 Å². The van der Waals surface area contributed by atoms with Crippen molar-refractivity contribution in [2.24, 2.45) is 0 Å². The molecule has 2 heterocycles. The van der Waals surface area contributed by atoms with Crippen LogP contribution in [0.5, 0.6) is 5.88 Å². The molecule has 5 rings (SSSR count). The highest BCUT2D eigenvalue weighted by Gasteiger charge is 2.28. The molecule has 0 radical (unpaired) electrons. The Morgan fingerprint density at radius 2 is 1.97 bits per heavy atom. The Kier molecular flexibility index (Phi) is 4.28. The summed E-state index contributed by atoms with van der Waals surface area (Å²) < 4.78 is 6.11. The van der Waals surface area contributed by atoms with Gasteiger partial charge in [-0.15, -0.1) is 0 Å². The number of carboxylic acid groups (broad SMARTS) is 1. The van der Waals surface area contributed by atoms with Gasteiger partial charge in [0, 0.05) is 24.1 Å². The molecule has 0 bridgehead atoms. The molecular weight excluding hydrogens is 400 g/mol. The van der Waals surface area contributed by atoms with Crippen LogP contribution in [0.15, 0.2) is 59.5 Å². The van der Waals surface area contributed by atoms with Crippen molar-refractivity contribution in [3.8, 4) is 17.1 Å². The fourth-order valence-corrected chi connectivity index (χ4v) is 3.89. The number of H-pyrrole nitrogens is 1. The van der Waals surface area contributed by atoms with Gasteiger partial charge in [-0.05, 0) is 17.2 Å². The third-order valence-electron chi connectivity index (χ3n) is 5.23. The van der Waals surface area contributed by atoms with Crippen molar-refractivity contribution in [1.29, 1.82) is 0 Å². The second-order valence-electron chi connectivity index (χ2n) is 7.09. The van der Waals surface area contributed by atoms with Crippen LogP contribution >= 0.6 is 0 Å². The Morgan fingerprint density at radius 1 is 1.16 bits per heavy atom. The zero-order chi connectivity index (χ0) is 21.5. The summed E-state index contributed by atoms with van der Waals surface area (Å²) >= 11 is 0. The topological polar surface area (TPSA) is 126 Å². The van der Waals surface area contributed by atoms with E-state index in [1.807, 2.05) is 36.4 Å². The molecule has 0 unspecified atom stereocenters. The molecule has 1 aliphatic carbocycles. The number of carbonyl (C=O) groups is 2. The Hall–Kier alpha value is -4.40. The van der Waals surface area contributed by atoms with Gasteiger partial charge in [-0.2, -0.15) is 4.98 Å². The minimum absolute atomic E-state index is 0.0258. The molecule has 2 aromatic heterocycles. The van der Waals surface area contributed by atoms with Gasteiger partial charge in [0.1, 0.15) is 0 Å². The number of aromatic nitrogens is 3. The number of carbonyl (C=O) groups excluding carboxylic acids is 1. The van der Waals surface area contributed by atoms with Gasteiger partial charge in [-0.3, -0.25) is 14.0 Å². The average Bonchev–Trinajstić information content (AvgIpc) is 3.34. The maximum absolute atomic E-state index is 12.9. The standard InChI is InChI=1S/C22H16N4O5/c27-20(23-10-12-5-2-1-3-6-12)14-8-4-7-13-15(14)9-16-18(13)25-21(28)19-24-17(11-26(16)19)31-22(29)30/h1-8,11H,9-10H2,(H,23,27)(H,25,28)(H,29,30). The molecule has 1 aliphatic rings. The van der Waals surface area contributed by atoms with Gasteiger partial charge in [0.15, 0.2) is 0 Å². The molecule has 0 atom stereocenters. The number of amides is 1. The molecule has 0 aliphatic heterocycles. The molecule has 1 amide bonds. The number of aromatic amines is 1. The summed E-state index contributed by atoms with van der Waals surface area (Å²) in [5, 5.41) is 11.8. The summed E-state index contributed by atoms with van der Waals surface area (Å²) in [6.45, 7) is 0.398. The van der Waals surface area contributed by atoms with Crippen LogP contribution in [0.4, 0.5) is 4.79 Å². The van der Waals surface area contributed by atoms with Gasteiger partial charge in [0.2, 0.25) is 11.5 Å². The highest BCUT2D eigenvalue weighted by molar-refractivity contribution is 5.98. The van der Waals surface area contributed by atoms with E-state index in [9.17, 15) is 14.4 Å². The van der Waals surface area contributed by atoms with Crippen molar-refractivity contribution in [1.82, 2.24) is 19.7 Å². The Labute approximate surface area is 174 Å². The first-order chi connectivity index (χ1) is 15.0. The average molecular weight is 416 g/mol. The van der Waals surface area contributed by atoms with E-state index < -0.39 is 11.7 Å². The number of hydrogen-bond acceptors (Lipinski definition) is 5. The van der Waals surface area contributed by atoms with Gasteiger partial charge < -0.3 is 20.1 Å². The van der Waals surface area contributed by atoms with Gasteiger partial charge in [-0.1, -0.05) is 42.5 Å². The van der Waals surface area contributed by atoms with Crippen LogP contribution in [-0.2, 0) is 13.0 Å². The van der Waals surface area contributed by atoms with E-state index in [4.69, 9.17) is 5.11 Å². The molecule has 154 valence electrons. The van der Waals surface area contributed by atoms with Crippen molar-refractivity contribution in [3.63, 3.8) is 0 Å². The van der Waals surface area contributed by atoms with Crippen LogP contribution in [0.25, 0.3) is 16.9 Å². The third kappa shape index (κ3) is 3.21. The summed E-state index contributed by atoms with van der Waals surface area (Å²) in [6.07, 6.45) is 0.214. The van der Waals surface area contributed by atoms with E-state index in [-0.39, 0.29) is 17.4 Å². The zero-order valence-corrected chi connectivity index (χ0v) is 16.1. The van der Waals surface area contributed by atoms with Crippen LogP contribution in [0.1, 0.15) is 27.2 Å². The maximum atomic E-state index is 12.9. The summed E-state index contributed by atoms with van der Waals surface area (Å²) in [5.74, 6) is -0.407. The van der Waals surface area contributed by atoms with E-state index in [1.54, 1.807) is 12.1 Å². The number of hydrogen-bond donors (Lipinski definition) is 3. The second-order valence-corrected chi connectivity index (χ2v) is 7.09. The normalized spacial score (nSPS) is 11.7. The molecule has 0 saturated carbocycles. The lowest BCUT2D eigenvalue weighted by Crippen LogP contribution is -2.24. The minimum atomic E-state index is -1.52. The fraction of sp³-hybridized carbons (Fsp3) is 0.0909. The molecule has 3 N–H and O–H groups in total. The Balaban J connectivity index is 1.51. The molecular formula is C22H16N4O5. The van der Waals surface area contributed by atoms with Crippen molar-refractivity contribution < 1.29 is 19.4 Å². The van der Waals surface area contributed by atoms with Gasteiger partial charge in [-0.25, -0.2) is 4.79 Å². The summed E-state index contributed by atoms with van der Waals surface area (Å²) in [7, 11) is 0. The van der Waals surface area contributed by atoms with Crippen LogP contribution in [0.2, 0.25) is 0 Å². The third-order valence-corrected chi connectivity index (χ3v) is 5.23. The SMILES string of the molecule is O=C(O)Oc1cn2c3c([nH]c(=O)c2n1)-c1cccc(C(=O)NCc2ccccc2)c1C3.